The quantitative estimate of drug-likeness (QED) is 0.908. The second-order valence-corrected chi connectivity index (χ2v) is 5.70. The molecule has 0 spiro atoms. The van der Waals surface area contributed by atoms with Crippen LogP contribution in [0.1, 0.15) is 12.1 Å². The smallest absolute Gasteiger partial charge is 0.318 e. The van der Waals surface area contributed by atoms with Gasteiger partial charge in [-0.15, -0.1) is 0 Å². The van der Waals surface area contributed by atoms with Gasteiger partial charge in [0.25, 0.3) is 5.91 Å². The number of rotatable bonds is 4. The minimum Gasteiger partial charge on any atom is -0.467 e. The molecule has 1 aliphatic rings. The average Bonchev–Trinajstić information content (AvgIpc) is 3.04. The molecule has 1 saturated heterocycles. The van der Waals surface area contributed by atoms with Gasteiger partial charge in [-0.2, -0.15) is 10.1 Å². The van der Waals surface area contributed by atoms with Gasteiger partial charge in [-0.3, -0.25) is 14.4 Å². The predicted molar refractivity (Wildman–Crippen MR) is 85.9 cm³/mol. The highest BCUT2D eigenvalue weighted by atomic mass is 35.5. The van der Waals surface area contributed by atoms with E-state index >= 15 is 0 Å². The first kappa shape index (κ1) is 15.5. The number of nitrogens with zero attached hydrogens (tertiary/aromatic N) is 5. The summed E-state index contributed by atoms with van der Waals surface area (Å²) in [6.45, 7) is 2.50. The first-order chi connectivity index (χ1) is 11.0. The van der Waals surface area contributed by atoms with Crippen molar-refractivity contribution in [2.45, 2.75) is 19.4 Å². The minimum atomic E-state index is -0.401. The van der Waals surface area contributed by atoms with Gasteiger partial charge in [-0.1, -0.05) is 11.6 Å². The first-order valence-corrected chi connectivity index (χ1v) is 7.52. The Bertz CT molecular complexity index is 747. The number of nitrogens with one attached hydrogen (secondary N) is 1. The molecule has 23 heavy (non-hydrogen) atoms. The van der Waals surface area contributed by atoms with Crippen LogP contribution in [0.25, 0.3) is 0 Å². The van der Waals surface area contributed by atoms with Crippen LogP contribution in [0.3, 0.4) is 0 Å². The summed E-state index contributed by atoms with van der Waals surface area (Å²) >= 11 is 6.08. The molecule has 1 fully saturated rings. The lowest BCUT2D eigenvalue weighted by atomic mass is 10.2. The van der Waals surface area contributed by atoms with Crippen molar-refractivity contribution in [2.24, 2.45) is 7.05 Å². The van der Waals surface area contributed by atoms with E-state index in [1.165, 1.54) is 13.3 Å². The summed E-state index contributed by atoms with van der Waals surface area (Å²) < 4.78 is 6.69. The summed E-state index contributed by atoms with van der Waals surface area (Å²) in [5.41, 5.74) is 0.871. The van der Waals surface area contributed by atoms with E-state index in [4.69, 9.17) is 16.3 Å². The van der Waals surface area contributed by atoms with Crippen molar-refractivity contribution in [3.63, 3.8) is 0 Å². The fourth-order valence-corrected chi connectivity index (χ4v) is 2.75. The Hall–Kier alpha value is -2.35. The Kier molecular flexibility index (Phi) is 4.08. The van der Waals surface area contributed by atoms with Crippen LogP contribution in [-0.2, 0) is 11.8 Å². The molecule has 2 aromatic rings. The second-order valence-electron chi connectivity index (χ2n) is 5.30. The van der Waals surface area contributed by atoms with Crippen LogP contribution in [0, 0.1) is 6.92 Å². The van der Waals surface area contributed by atoms with E-state index in [0.717, 1.165) is 11.5 Å². The maximum Gasteiger partial charge on any atom is 0.318 e. The summed E-state index contributed by atoms with van der Waals surface area (Å²) in [5, 5.41) is 7.70. The van der Waals surface area contributed by atoms with Crippen LogP contribution >= 0.6 is 11.6 Å². The van der Waals surface area contributed by atoms with E-state index in [1.54, 1.807) is 9.58 Å². The van der Waals surface area contributed by atoms with Crippen LogP contribution in [0.4, 0.5) is 11.6 Å². The third-order valence-electron chi connectivity index (χ3n) is 3.67. The van der Waals surface area contributed by atoms with E-state index in [-0.39, 0.29) is 11.9 Å². The number of aryl methyl sites for hydroxylation is 2. The molecular weight excluding hydrogens is 320 g/mol. The lowest BCUT2D eigenvalue weighted by Gasteiger charge is -2.17. The highest BCUT2D eigenvalue weighted by Gasteiger charge is 2.34. The molecule has 3 heterocycles. The van der Waals surface area contributed by atoms with Gasteiger partial charge in [0.1, 0.15) is 16.9 Å². The molecule has 0 saturated carbocycles. The standard InChI is InChI=1S/C14H17ClN6O2/c1-8-6-11(20(2)19-8)21-5-4-10(13(21)22)17-12-9(15)7-16-14(18-12)23-3/h6-7,10H,4-5H2,1-3H3,(H,16,17,18)/t10-/m1/s1. The van der Waals surface area contributed by atoms with E-state index < -0.39 is 6.04 Å². The van der Waals surface area contributed by atoms with Gasteiger partial charge in [0.2, 0.25) is 0 Å². The highest BCUT2D eigenvalue weighted by molar-refractivity contribution is 6.32. The normalized spacial score (nSPS) is 17.7. The van der Waals surface area contributed by atoms with Gasteiger partial charge in [-0.25, -0.2) is 4.98 Å². The molecule has 0 aromatic carbocycles. The maximum atomic E-state index is 12.6. The van der Waals surface area contributed by atoms with Crippen molar-refractivity contribution >= 4 is 29.1 Å². The number of hydrogen-bond donors (Lipinski definition) is 1. The number of carbonyl (C=O) groups excluding carboxylic acids is 1. The Morgan fingerprint density at radius 3 is 2.91 bits per heavy atom. The van der Waals surface area contributed by atoms with Gasteiger partial charge in [0.05, 0.1) is 19.0 Å². The number of anilines is 2. The van der Waals surface area contributed by atoms with Crippen molar-refractivity contribution in [3.8, 4) is 6.01 Å². The molecule has 3 rings (SSSR count). The van der Waals surface area contributed by atoms with Gasteiger partial charge >= 0.3 is 6.01 Å². The van der Waals surface area contributed by atoms with Crippen LogP contribution in [0.5, 0.6) is 6.01 Å². The molecular formula is C14H17ClN6O2. The number of carbonyl (C=O) groups is 1. The summed E-state index contributed by atoms with van der Waals surface area (Å²) in [6, 6.07) is 1.69. The Labute approximate surface area is 138 Å². The molecule has 2 aromatic heterocycles. The number of amides is 1. The lowest BCUT2D eigenvalue weighted by molar-refractivity contribution is -0.117. The third-order valence-corrected chi connectivity index (χ3v) is 3.95. The summed E-state index contributed by atoms with van der Waals surface area (Å²) in [6.07, 6.45) is 2.09. The molecule has 122 valence electrons. The fraction of sp³-hybridized carbons (Fsp3) is 0.429. The number of halogens is 1. The second kappa shape index (κ2) is 6.04. The molecule has 1 atom stereocenters. The van der Waals surface area contributed by atoms with Crippen LogP contribution in [-0.4, -0.2) is 45.4 Å². The summed E-state index contributed by atoms with van der Waals surface area (Å²) in [7, 11) is 3.29. The topological polar surface area (TPSA) is 85.2 Å². The minimum absolute atomic E-state index is 0.0401. The van der Waals surface area contributed by atoms with Crippen molar-refractivity contribution < 1.29 is 9.53 Å². The molecule has 0 aliphatic carbocycles. The summed E-state index contributed by atoms with van der Waals surface area (Å²) in [4.78, 5) is 22.4. The third kappa shape index (κ3) is 2.94. The number of hydrogen-bond acceptors (Lipinski definition) is 6. The molecule has 8 nitrogen and oxygen atoms in total. The molecule has 9 heteroatoms. The average molecular weight is 337 g/mol. The SMILES string of the molecule is COc1ncc(Cl)c(N[C@@H]2CCN(c3cc(C)nn3C)C2=O)n1. The van der Waals surface area contributed by atoms with Crippen molar-refractivity contribution in [2.75, 3.05) is 23.9 Å². The largest absolute Gasteiger partial charge is 0.467 e. The molecule has 0 bridgehead atoms. The zero-order chi connectivity index (χ0) is 16.6. The first-order valence-electron chi connectivity index (χ1n) is 7.14. The highest BCUT2D eigenvalue weighted by Crippen LogP contribution is 2.26. The van der Waals surface area contributed by atoms with Crippen molar-refractivity contribution in [3.05, 3.63) is 23.0 Å². The lowest BCUT2D eigenvalue weighted by Crippen LogP contribution is -2.34. The molecule has 0 unspecified atom stereocenters. The number of ether oxygens (including phenoxy) is 1. The van der Waals surface area contributed by atoms with E-state index in [2.05, 4.69) is 20.4 Å². The Morgan fingerprint density at radius 2 is 2.26 bits per heavy atom. The number of aromatic nitrogens is 4. The van der Waals surface area contributed by atoms with Gasteiger partial charge in [-0.05, 0) is 13.3 Å². The van der Waals surface area contributed by atoms with Crippen LogP contribution < -0.4 is 15.0 Å². The van der Waals surface area contributed by atoms with Crippen molar-refractivity contribution in [1.82, 2.24) is 19.7 Å². The monoisotopic (exact) mass is 336 g/mol. The van der Waals surface area contributed by atoms with Crippen LogP contribution in [0.2, 0.25) is 5.02 Å². The van der Waals surface area contributed by atoms with E-state index in [9.17, 15) is 4.79 Å². The number of methoxy groups -OCH3 is 1. The Balaban J connectivity index is 1.79. The van der Waals surface area contributed by atoms with Gasteiger partial charge in [0, 0.05) is 19.7 Å². The molecule has 0 radical (unpaired) electrons. The molecule has 1 amide bonds. The van der Waals surface area contributed by atoms with Gasteiger partial charge in [0.15, 0.2) is 5.82 Å². The van der Waals surface area contributed by atoms with Gasteiger partial charge < -0.3 is 10.1 Å². The molecule has 1 aliphatic heterocycles. The predicted octanol–water partition coefficient (Wildman–Crippen LogP) is 1.40. The van der Waals surface area contributed by atoms with E-state index in [1.807, 2.05) is 20.0 Å². The zero-order valence-corrected chi connectivity index (χ0v) is 13.8. The fourth-order valence-electron chi connectivity index (χ4n) is 2.61. The Morgan fingerprint density at radius 1 is 1.48 bits per heavy atom. The zero-order valence-electron chi connectivity index (χ0n) is 13.1. The maximum absolute atomic E-state index is 12.6. The molecule has 1 N–H and O–H groups in total. The summed E-state index contributed by atoms with van der Waals surface area (Å²) in [5.74, 6) is 1.13. The van der Waals surface area contributed by atoms with Crippen molar-refractivity contribution in [1.29, 1.82) is 0 Å². The van der Waals surface area contributed by atoms with Crippen LogP contribution in [0.15, 0.2) is 12.3 Å². The van der Waals surface area contributed by atoms with E-state index in [0.29, 0.717) is 23.8 Å².